The molecule has 0 aliphatic rings. The van der Waals surface area contributed by atoms with Crippen LogP contribution in [0.3, 0.4) is 0 Å². The lowest BCUT2D eigenvalue weighted by Crippen LogP contribution is -2.33. The molecule has 0 aliphatic heterocycles. The molecule has 114 valence electrons. The van der Waals surface area contributed by atoms with Gasteiger partial charge in [-0.25, -0.2) is 0 Å². The van der Waals surface area contributed by atoms with Crippen LogP contribution >= 0.6 is 0 Å². The Morgan fingerprint density at radius 1 is 1.19 bits per heavy atom. The largest absolute Gasteiger partial charge is 0.469 e. The molecule has 0 aliphatic carbocycles. The van der Waals surface area contributed by atoms with Gasteiger partial charge in [0.15, 0.2) is 0 Å². The third-order valence-electron chi connectivity index (χ3n) is 3.12. The van der Waals surface area contributed by atoms with Crippen molar-refractivity contribution in [3.63, 3.8) is 0 Å². The van der Waals surface area contributed by atoms with Gasteiger partial charge in [0, 0.05) is 12.1 Å². The molecule has 4 nitrogen and oxygen atoms in total. The van der Waals surface area contributed by atoms with Crippen molar-refractivity contribution in [2.45, 2.75) is 39.2 Å². The van der Waals surface area contributed by atoms with Gasteiger partial charge in [0.1, 0.15) is 0 Å². The molecule has 1 N–H and O–H groups in total. The van der Waals surface area contributed by atoms with Crippen LogP contribution in [0.15, 0.2) is 30.3 Å². The van der Waals surface area contributed by atoms with Crippen molar-refractivity contribution in [2.75, 3.05) is 7.11 Å². The van der Waals surface area contributed by atoms with Gasteiger partial charge in [0.05, 0.1) is 13.5 Å². The fourth-order valence-corrected chi connectivity index (χ4v) is 1.84. The molecule has 0 bridgehead atoms. The Bertz CT molecular complexity index is 503. The maximum absolute atomic E-state index is 11.7. The van der Waals surface area contributed by atoms with Gasteiger partial charge < -0.3 is 10.1 Å². The number of benzene rings is 1. The normalized spacial score (nSPS) is 12.4. The summed E-state index contributed by atoms with van der Waals surface area (Å²) < 4.78 is 4.55. The zero-order valence-electron chi connectivity index (χ0n) is 13.1. The third-order valence-corrected chi connectivity index (χ3v) is 3.12. The van der Waals surface area contributed by atoms with E-state index in [2.05, 4.69) is 36.0 Å². The summed E-state index contributed by atoms with van der Waals surface area (Å²) in [5.74, 6) is -0.0686. The molecule has 0 fully saturated rings. The van der Waals surface area contributed by atoms with E-state index in [0.717, 1.165) is 5.56 Å². The van der Waals surface area contributed by atoms with Gasteiger partial charge in [-0.15, -0.1) is 0 Å². The van der Waals surface area contributed by atoms with E-state index >= 15 is 0 Å². The number of hydrogen-bond acceptors (Lipinski definition) is 3. The summed E-state index contributed by atoms with van der Waals surface area (Å²) in [6.45, 7) is 6.04. The predicted molar refractivity (Wildman–Crippen MR) is 83.8 cm³/mol. The van der Waals surface area contributed by atoms with E-state index in [-0.39, 0.29) is 24.3 Å². The van der Waals surface area contributed by atoms with Crippen LogP contribution in [0.5, 0.6) is 0 Å². The molecule has 0 heterocycles. The summed E-state index contributed by atoms with van der Waals surface area (Å²) >= 11 is 0. The van der Waals surface area contributed by atoms with E-state index in [1.807, 2.05) is 12.1 Å². The first-order valence-electron chi connectivity index (χ1n) is 7.07. The lowest BCUT2D eigenvalue weighted by atomic mass is 10.0. The van der Waals surface area contributed by atoms with Crippen molar-refractivity contribution in [1.82, 2.24) is 5.32 Å². The summed E-state index contributed by atoms with van der Waals surface area (Å²) in [7, 11) is 1.33. The highest BCUT2D eigenvalue weighted by atomic mass is 16.5. The number of ether oxygens (including phenoxy) is 1. The molecule has 1 aromatic carbocycles. The van der Waals surface area contributed by atoms with Gasteiger partial charge in [-0.2, -0.15) is 0 Å². The van der Waals surface area contributed by atoms with E-state index < -0.39 is 0 Å². The lowest BCUT2D eigenvalue weighted by molar-refractivity contribution is -0.141. The highest BCUT2D eigenvalue weighted by Crippen LogP contribution is 2.15. The van der Waals surface area contributed by atoms with Gasteiger partial charge in [-0.05, 0) is 30.0 Å². The van der Waals surface area contributed by atoms with Gasteiger partial charge >= 0.3 is 5.97 Å². The second kappa shape index (κ2) is 8.25. The number of methoxy groups -OCH3 is 1. The molecule has 1 aromatic rings. The number of amides is 1. The smallest absolute Gasteiger partial charge is 0.307 e. The molecule has 21 heavy (non-hydrogen) atoms. The zero-order valence-corrected chi connectivity index (χ0v) is 13.1. The Hall–Kier alpha value is -2.10. The Morgan fingerprint density at radius 3 is 2.33 bits per heavy atom. The van der Waals surface area contributed by atoms with Gasteiger partial charge in [0.25, 0.3) is 0 Å². The summed E-state index contributed by atoms with van der Waals surface area (Å²) in [4.78, 5) is 22.8. The molecule has 4 heteroatoms. The zero-order chi connectivity index (χ0) is 15.8. The minimum atomic E-state index is -0.337. The molecule has 0 saturated carbocycles. The Labute approximate surface area is 126 Å². The first-order chi connectivity index (χ1) is 9.92. The molecule has 0 saturated heterocycles. The molecule has 1 rings (SSSR count). The highest BCUT2D eigenvalue weighted by Gasteiger charge is 2.10. The topological polar surface area (TPSA) is 55.4 Å². The second-order valence-electron chi connectivity index (χ2n) is 5.34. The van der Waals surface area contributed by atoms with Gasteiger partial charge in [-0.1, -0.05) is 38.1 Å². The Balaban J connectivity index is 2.51. The number of carbonyl (C=O) groups is 2. The fourth-order valence-electron chi connectivity index (χ4n) is 1.84. The van der Waals surface area contributed by atoms with Crippen LogP contribution in [0.2, 0.25) is 0 Å². The van der Waals surface area contributed by atoms with Crippen molar-refractivity contribution in [1.29, 1.82) is 0 Å². The maximum Gasteiger partial charge on any atom is 0.307 e. The first kappa shape index (κ1) is 17.0. The van der Waals surface area contributed by atoms with Gasteiger partial charge in [0.2, 0.25) is 5.91 Å². The molecule has 0 spiro atoms. The van der Waals surface area contributed by atoms with E-state index in [0.29, 0.717) is 5.92 Å². The molecular formula is C17H23NO3. The average Bonchev–Trinajstić information content (AvgIpc) is 2.45. The molecule has 0 aromatic heterocycles. The average molecular weight is 289 g/mol. The van der Waals surface area contributed by atoms with Crippen LogP contribution in [0.25, 0.3) is 6.08 Å². The lowest BCUT2D eigenvalue weighted by Gasteiger charge is -2.10. The van der Waals surface area contributed by atoms with E-state index in [4.69, 9.17) is 0 Å². The van der Waals surface area contributed by atoms with Crippen molar-refractivity contribution in [2.24, 2.45) is 0 Å². The van der Waals surface area contributed by atoms with Crippen LogP contribution in [-0.4, -0.2) is 25.0 Å². The van der Waals surface area contributed by atoms with Crippen molar-refractivity contribution in [3.8, 4) is 0 Å². The highest BCUT2D eigenvalue weighted by molar-refractivity contribution is 5.92. The second-order valence-corrected chi connectivity index (χ2v) is 5.34. The summed E-state index contributed by atoms with van der Waals surface area (Å²) in [5, 5.41) is 2.72. The minimum absolute atomic E-state index is 0.166. The Kier molecular flexibility index (Phi) is 6.66. The van der Waals surface area contributed by atoms with Crippen LogP contribution in [0.4, 0.5) is 0 Å². The summed E-state index contributed by atoms with van der Waals surface area (Å²) in [6.07, 6.45) is 3.39. The quantitative estimate of drug-likeness (QED) is 0.647. The fraction of sp³-hybridized carbons (Fsp3) is 0.412. The summed E-state index contributed by atoms with van der Waals surface area (Å²) in [5.41, 5.74) is 2.23. The SMILES string of the molecule is COC(=O)CC(C)NC(=O)/C=C/c1ccc(C(C)C)cc1. The number of nitrogens with one attached hydrogen (secondary N) is 1. The van der Waals surface area contributed by atoms with E-state index in [1.165, 1.54) is 18.7 Å². The predicted octanol–water partition coefficient (Wildman–Crippen LogP) is 2.89. The Morgan fingerprint density at radius 2 is 1.81 bits per heavy atom. The van der Waals surface area contributed by atoms with Crippen molar-refractivity contribution >= 4 is 18.0 Å². The monoisotopic (exact) mass is 289 g/mol. The molecule has 1 atom stereocenters. The van der Waals surface area contributed by atoms with Crippen LogP contribution in [0.1, 0.15) is 44.2 Å². The van der Waals surface area contributed by atoms with E-state index in [1.54, 1.807) is 13.0 Å². The van der Waals surface area contributed by atoms with Crippen molar-refractivity contribution in [3.05, 3.63) is 41.5 Å². The van der Waals surface area contributed by atoms with Crippen molar-refractivity contribution < 1.29 is 14.3 Å². The van der Waals surface area contributed by atoms with Gasteiger partial charge in [-0.3, -0.25) is 9.59 Å². The van der Waals surface area contributed by atoms with E-state index in [9.17, 15) is 9.59 Å². The molecule has 0 radical (unpaired) electrons. The van der Waals surface area contributed by atoms with Crippen LogP contribution in [-0.2, 0) is 14.3 Å². The number of rotatable bonds is 6. The maximum atomic E-state index is 11.7. The molecule has 1 amide bonds. The van der Waals surface area contributed by atoms with Crippen LogP contribution < -0.4 is 5.32 Å². The summed E-state index contributed by atoms with van der Waals surface area (Å²) in [6, 6.07) is 7.83. The van der Waals surface area contributed by atoms with Crippen LogP contribution in [0, 0.1) is 0 Å². The standard InChI is InChI=1S/C17H23NO3/c1-12(2)15-8-5-14(6-9-15)7-10-16(19)18-13(3)11-17(20)21-4/h5-10,12-13H,11H2,1-4H3,(H,18,19)/b10-7+. The molecular weight excluding hydrogens is 266 g/mol. The number of esters is 1. The molecule has 1 unspecified atom stereocenters. The number of carbonyl (C=O) groups excluding carboxylic acids is 2. The first-order valence-corrected chi connectivity index (χ1v) is 7.07. The minimum Gasteiger partial charge on any atom is -0.469 e. The third kappa shape index (κ3) is 6.25. The number of hydrogen-bond donors (Lipinski definition) is 1.